The molecule has 4 nitrogen and oxygen atoms in total. The van der Waals surface area contributed by atoms with Crippen molar-refractivity contribution in [1.29, 1.82) is 5.26 Å². The number of amides is 1. The average molecular weight is 298 g/mol. The molecule has 4 heteroatoms. The van der Waals surface area contributed by atoms with Crippen LogP contribution in [0.4, 0.5) is 4.79 Å². The molecule has 1 aromatic carbocycles. The first-order valence-electron chi connectivity index (χ1n) is 7.55. The number of piperidine rings is 1. The summed E-state index contributed by atoms with van der Waals surface area (Å²) < 4.78 is 5.39. The van der Waals surface area contributed by atoms with Gasteiger partial charge in [0.25, 0.3) is 0 Å². The van der Waals surface area contributed by atoms with Crippen molar-refractivity contribution in [3.8, 4) is 6.07 Å². The molecule has 0 radical (unpaired) electrons. The fraction of sp³-hybridized carbons (Fsp3) is 0.444. The highest BCUT2D eigenvalue weighted by Gasteiger charge is 2.24. The van der Waals surface area contributed by atoms with Gasteiger partial charge in [0, 0.05) is 13.1 Å². The molecule has 2 rings (SSSR count). The van der Waals surface area contributed by atoms with E-state index < -0.39 is 5.60 Å². The molecule has 0 aliphatic carbocycles. The Bertz CT molecular complexity index is 611. The lowest BCUT2D eigenvalue weighted by molar-refractivity contribution is 0.0237. The third kappa shape index (κ3) is 4.63. The number of carbonyl (C=O) groups is 1. The van der Waals surface area contributed by atoms with Gasteiger partial charge in [-0.1, -0.05) is 23.8 Å². The zero-order valence-corrected chi connectivity index (χ0v) is 13.4. The Kier molecular flexibility index (Phi) is 4.87. The maximum Gasteiger partial charge on any atom is 0.410 e. The highest BCUT2D eigenvalue weighted by Crippen LogP contribution is 2.21. The summed E-state index contributed by atoms with van der Waals surface area (Å²) in [6, 6.07) is 9.71. The van der Waals surface area contributed by atoms with Gasteiger partial charge >= 0.3 is 6.09 Å². The normalized spacial score (nSPS) is 15.2. The molecule has 1 heterocycles. The number of ether oxygens (including phenoxy) is 1. The van der Waals surface area contributed by atoms with Crippen LogP contribution in [0.25, 0.3) is 6.08 Å². The molecule has 116 valence electrons. The Balaban J connectivity index is 1.95. The lowest BCUT2D eigenvalue weighted by Crippen LogP contribution is -2.40. The molecule has 1 aliphatic rings. The summed E-state index contributed by atoms with van der Waals surface area (Å²) in [5, 5.41) is 8.93. The zero-order chi connectivity index (χ0) is 16.2. The van der Waals surface area contributed by atoms with Gasteiger partial charge < -0.3 is 9.64 Å². The summed E-state index contributed by atoms with van der Waals surface area (Å²) in [6.07, 6.45) is 3.57. The highest BCUT2D eigenvalue weighted by molar-refractivity contribution is 5.68. The lowest BCUT2D eigenvalue weighted by atomic mass is 10.0. The van der Waals surface area contributed by atoms with E-state index in [4.69, 9.17) is 10.00 Å². The van der Waals surface area contributed by atoms with Crippen LogP contribution in [0.15, 0.2) is 29.8 Å². The molecule has 0 N–H and O–H groups in total. The maximum atomic E-state index is 12.0. The molecule has 0 aromatic heterocycles. The molecule has 1 aliphatic heterocycles. The van der Waals surface area contributed by atoms with Gasteiger partial charge in [-0.15, -0.1) is 0 Å². The summed E-state index contributed by atoms with van der Waals surface area (Å²) in [5.74, 6) is 0. The summed E-state index contributed by atoms with van der Waals surface area (Å²) >= 11 is 0. The molecule has 0 unspecified atom stereocenters. The van der Waals surface area contributed by atoms with Crippen LogP contribution in [0.5, 0.6) is 0 Å². The molecule has 0 atom stereocenters. The average Bonchev–Trinajstić information content (AvgIpc) is 2.46. The van der Waals surface area contributed by atoms with E-state index in [9.17, 15) is 4.79 Å². The Morgan fingerprint density at radius 2 is 2.00 bits per heavy atom. The van der Waals surface area contributed by atoms with Crippen molar-refractivity contribution in [1.82, 2.24) is 4.90 Å². The second-order valence-corrected chi connectivity index (χ2v) is 6.51. The van der Waals surface area contributed by atoms with Crippen LogP contribution in [0.2, 0.25) is 0 Å². The number of hydrogen-bond acceptors (Lipinski definition) is 3. The summed E-state index contributed by atoms with van der Waals surface area (Å²) in [4.78, 5) is 13.8. The van der Waals surface area contributed by atoms with Gasteiger partial charge in [-0.25, -0.2) is 4.79 Å². The van der Waals surface area contributed by atoms with Crippen molar-refractivity contribution in [2.45, 2.75) is 39.2 Å². The van der Waals surface area contributed by atoms with Crippen molar-refractivity contribution in [3.05, 3.63) is 41.0 Å². The number of likely N-dealkylation sites (tertiary alicyclic amines) is 1. The standard InChI is InChI=1S/C18H22N2O2/c1-18(2,3)22-17(21)20-9-7-14(8-10-20)11-15-5-4-6-16(12-15)13-19/h4-6,11-12H,7-10H2,1-3H3. The zero-order valence-electron chi connectivity index (χ0n) is 13.4. The van der Waals surface area contributed by atoms with Gasteiger partial charge in [-0.3, -0.25) is 0 Å². The third-order valence-electron chi connectivity index (χ3n) is 3.44. The van der Waals surface area contributed by atoms with Crippen molar-refractivity contribution in [3.63, 3.8) is 0 Å². The Labute approximate surface area is 132 Å². The Hall–Kier alpha value is -2.28. The number of hydrogen-bond donors (Lipinski definition) is 0. The van der Waals surface area contributed by atoms with E-state index in [1.165, 1.54) is 5.57 Å². The van der Waals surface area contributed by atoms with Crippen LogP contribution >= 0.6 is 0 Å². The first-order chi connectivity index (χ1) is 10.4. The number of benzene rings is 1. The molecule has 0 bridgehead atoms. The van der Waals surface area contributed by atoms with Crippen LogP contribution in [-0.4, -0.2) is 29.7 Å². The van der Waals surface area contributed by atoms with Crippen molar-refractivity contribution >= 4 is 12.2 Å². The summed E-state index contributed by atoms with van der Waals surface area (Å²) in [5.41, 5.74) is 2.56. The molecule has 1 fully saturated rings. The minimum absolute atomic E-state index is 0.238. The van der Waals surface area contributed by atoms with E-state index in [1.54, 1.807) is 11.0 Å². The summed E-state index contributed by atoms with van der Waals surface area (Å²) in [7, 11) is 0. The van der Waals surface area contributed by atoms with Gasteiger partial charge in [0.15, 0.2) is 0 Å². The minimum atomic E-state index is -0.453. The molecule has 0 spiro atoms. The van der Waals surface area contributed by atoms with E-state index in [0.717, 1.165) is 18.4 Å². The fourth-order valence-corrected chi connectivity index (χ4v) is 2.38. The first kappa shape index (κ1) is 16.1. The molecule has 1 saturated heterocycles. The van der Waals surface area contributed by atoms with Crippen LogP contribution in [0.1, 0.15) is 44.7 Å². The maximum absolute atomic E-state index is 12.0. The van der Waals surface area contributed by atoms with E-state index >= 15 is 0 Å². The lowest BCUT2D eigenvalue weighted by Gasteiger charge is -2.31. The van der Waals surface area contributed by atoms with Crippen LogP contribution in [0, 0.1) is 11.3 Å². The van der Waals surface area contributed by atoms with E-state index in [0.29, 0.717) is 18.7 Å². The fourth-order valence-electron chi connectivity index (χ4n) is 2.38. The first-order valence-corrected chi connectivity index (χ1v) is 7.55. The van der Waals surface area contributed by atoms with Gasteiger partial charge in [-0.05, 0) is 51.3 Å². The second-order valence-electron chi connectivity index (χ2n) is 6.51. The van der Waals surface area contributed by atoms with Crippen LogP contribution < -0.4 is 0 Å². The monoisotopic (exact) mass is 298 g/mol. The van der Waals surface area contributed by atoms with E-state index in [1.807, 2.05) is 39.0 Å². The molecule has 1 amide bonds. The minimum Gasteiger partial charge on any atom is -0.444 e. The molecular weight excluding hydrogens is 276 g/mol. The quantitative estimate of drug-likeness (QED) is 0.788. The predicted octanol–water partition coefficient (Wildman–Crippen LogP) is 3.97. The molecule has 1 aromatic rings. The highest BCUT2D eigenvalue weighted by atomic mass is 16.6. The van der Waals surface area contributed by atoms with Crippen LogP contribution in [-0.2, 0) is 4.74 Å². The predicted molar refractivity (Wildman–Crippen MR) is 86.2 cm³/mol. The smallest absolute Gasteiger partial charge is 0.410 e. The largest absolute Gasteiger partial charge is 0.444 e. The Morgan fingerprint density at radius 1 is 1.32 bits per heavy atom. The number of carbonyl (C=O) groups excluding carboxylic acids is 1. The van der Waals surface area contributed by atoms with Gasteiger partial charge in [0.2, 0.25) is 0 Å². The number of rotatable bonds is 1. The van der Waals surface area contributed by atoms with Crippen LogP contribution in [0.3, 0.4) is 0 Å². The van der Waals surface area contributed by atoms with Gasteiger partial charge in [0.05, 0.1) is 11.6 Å². The third-order valence-corrected chi connectivity index (χ3v) is 3.44. The molecule has 0 saturated carbocycles. The number of nitrogens with zero attached hydrogens (tertiary/aromatic N) is 2. The van der Waals surface area contributed by atoms with Gasteiger partial charge in [0.1, 0.15) is 5.60 Å². The van der Waals surface area contributed by atoms with E-state index in [2.05, 4.69) is 12.1 Å². The molecular formula is C18H22N2O2. The number of nitriles is 1. The van der Waals surface area contributed by atoms with Crippen molar-refractivity contribution < 1.29 is 9.53 Å². The summed E-state index contributed by atoms with van der Waals surface area (Å²) in [6.45, 7) is 6.99. The Morgan fingerprint density at radius 3 is 2.59 bits per heavy atom. The van der Waals surface area contributed by atoms with Crippen molar-refractivity contribution in [2.75, 3.05) is 13.1 Å². The SMILES string of the molecule is CC(C)(C)OC(=O)N1CCC(=Cc2cccc(C#N)c2)CC1. The topological polar surface area (TPSA) is 53.3 Å². The van der Waals surface area contributed by atoms with E-state index in [-0.39, 0.29) is 6.09 Å². The van der Waals surface area contributed by atoms with Gasteiger partial charge in [-0.2, -0.15) is 5.26 Å². The second kappa shape index (κ2) is 6.65. The van der Waals surface area contributed by atoms with Crippen molar-refractivity contribution in [2.24, 2.45) is 0 Å². The molecule has 22 heavy (non-hydrogen) atoms.